The number of ether oxygens (including phenoxy) is 1. The monoisotopic (exact) mass is 332 g/mol. The zero-order valence-corrected chi connectivity index (χ0v) is 13.4. The number of benzene rings is 1. The Hall–Kier alpha value is -2.41. The second-order valence-corrected chi connectivity index (χ2v) is 7.22. The zero-order chi connectivity index (χ0) is 16.4. The van der Waals surface area contributed by atoms with E-state index in [0.717, 1.165) is 21.0 Å². The van der Waals surface area contributed by atoms with Gasteiger partial charge in [0.25, 0.3) is 0 Å². The van der Waals surface area contributed by atoms with Crippen molar-refractivity contribution in [3.63, 3.8) is 0 Å². The largest absolute Gasteiger partial charge is 0.447 e. The van der Waals surface area contributed by atoms with Gasteiger partial charge in [0.2, 0.25) is 10.0 Å². The summed E-state index contributed by atoms with van der Waals surface area (Å²) in [6, 6.07) is 9.14. The number of carbonyl (C=O) groups excluding carboxylic acids is 1. The quantitative estimate of drug-likeness (QED) is 0.859. The molecule has 1 saturated heterocycles. The molecule has 1 amide bonds. The minimum Gasteiger partial charge on any atom is -0.447 e. The molecule has 2 aromatic rings. The van der Waals surface area contributed by atoms with Crippen LogP contribution in [-0.4, -0.2) is 37.0 Å². The Morgan fingerprint density at radius 2 is 1.96 bits per heavy atom. The molecule has 0 aliphatic carbocycles. The van der Waals surface area contributed by atoms with Gasteiger partial charge in [0, 0.05) is 18.0 Å². The molecule has 1 fully saturated rings. The summed E-state index contributed by atoms with van der Waals surface area (Å²) in [6.07, 6.45) is 2.71. The number of carbonyl (C=O) groups is 1. The van der Waals surface area contributed by atoms with Crippen molar-refractivity contribution in [2.45, 2.75) is 12.7 Å². The first-order valence-electron chi connectivity index (χ1n) is 7.14. The van der Waals surface area contributed by atoms with Gasteiger partial charge < -0.3 is 4.74 Å². The predicted octanol–water partition coefficient (Wildman–Crippen LogP) is 2.34. The summed E-state index contributed by atoms with van der Waals surface area (Å²) in [5.41, 5.74) is 3.69. The predicted molar refractivity (Wildman–Crippen MR) is 85.1 cm³/mol. The lowest BCUT2D eigenvalue weighted by Crippen LogP contribution is -2.32. The van der Waals surface area contributed by atoms with E-state index in [9.17, 15) is 13.2 Å². The number of aryl methyl sites for hydroxylation is 1. The average Bonchev–Trinajstić information content (AvgIpc) is 2.96. The molecule has 0 unspecified atom stereocenters. The summed E-state index contributed by atoms with van der Waals surface area (Å²) in [4.78, 5) is 15.5. The Labute approximate surface area is 134 Å². The molecule has 0 spiro atoms. The van der Waals surface area contributed by atoms with Gasteiger partial charge in [0.05, 0.1) is 12.3 Å². The van der Waals surface area contributed by atoms with Crippen LogP contribution in [0.2, 0.25) is 0 Å². The molecule has 7 heteroatoms. The molecule has 0 atom stereocenters. The maximum absolute atomic E-state index is 12.2. The molecule has 6 nitrogen and oxygen atoms in total. The minimum atomic E-state index is -3.70. The van der Waals surface area contributed by atoms with Gasteiger partial charge in [-0.2, -0.15) is 0 Å². The van der Waals surface area contributed by atoms with E-state index in [1.165, 1.54) is 0 Å². The Morgan fingerprint density at radius 1 is 1.22 bits per heavy atom. The van der Waals surface area contributed by atoms with E-state index >= 15 is 0 Å². The fourth-order valence-corrected chi connectivity index (χ4v) is 3.87. The van der Waals surface area contributed by atoms with Crippen LogP contribution < -0.4 is 0 Å². The fraction of sp³-hybridized carbons (Fsp3) is 0.250. The normalized spacial score (nSPS) is 14.8. The zero-order valence-electron chi connectivity index (χ0n) is 12.6. The average molecular weight is 332 g/mol. The van der Waals surface area contributed by atoms with Crippen molar-refractivity contribution in [2.24, 2.45) is 0 Å². The van der Waals surface area contributed by atoms with Crippen LogP contribution >= 0.6 is 0 Å². The molecule has 1 aliphatic heterocycles. The van der Waals surface area contributed by atoms with Crippen molar-refractivity contribution >= 4 is 16.1 Å². The van der Waals surface area contributed by atoms with Gasteiger partial charge >= 0.3 is 6.09 Å². The number of rotatable bonds is 4. The van der Waals surface area contributed by atoms with Crippen molar-refractivity contribution in [3.8, 4) is 11.1 Å². The van der Waals surface area contributed by atoms with E-state index in [1.54, 1.807) is 24.5 Å². The number of sulfonamides is 1. The van der Waals surface area contributed by atoms with E-state index in [2.05, 4.69) is 9.72 Å². The molecule has 0 saturated carbocycles. The van der Waals surface area contributed by atoms with E-state index in [0.29, 0.717) is 5.56 Å². The highest BCUT2D eigenvalue weighted by atomic mass is 32.2. The second-order valence-electron chi connectivity index (χ2n) is 5.33. The molecular formula is C16H16N2O4S. The van der Waals surface area contributed by atoms with Crippen LogP contribution in [0.5, 0.6) is 0 Å². The van der Waals surface area contributed by atoms with Crippen LogP contribution in [0.4, 0.5) is 4.79 Å². The molecule has 120 valence electrons. The topological polar surface area (TPSA) is 76.6 Å². The Kier molecular flexibility index (Phi) is 4.04. The molecule has 1 aromatic carbocycles. The summed E-state index contributed by atoms with van der Waals surface area (Å²) in [7, 11) is -3.70. The molecular weight excluding hydrogens is 316 g/mol. The highest BCUT2D eigenvalue weighted by molar-refractivity contribution is 7.88. The highest BCUT2D eigenvalue weighted by Gasteiger charge is 2.33. The summed E-state index contributed by atoms with van der Waals surface area (Å²) < 4.78 is 29.9. The summed E-state index contributed by atoms with van der Waals surface area (Å²) in [6.45, 7) is 2.18. The molecule has 2 heterocycles. The maximum Gasteiger partial charge on any atom is 0.423 e. The number of hydrogen-bond acceptors (Lipinski definition) is 5. The standard InChI is InChI=1S/C16H16N2O4S/c1-12-6-7-17-10-15(12)14-4-2-13(3-5-14)11-23(20,21)18-8-9-22-16(18)19/h2-7,10H,8-9,11H2,1H3. The molecule has 0 N–H and O–H groups in total. The number of aromatic nitrogens is 1. The maximum atomic E-state index is 12.2. The number of pyridine rings is 1. The van der Waals surface area contributed by atoms with Crippen molar-refractivity contribution < 1.29 is 17.9 Å². The highest BCUT2D eigenvalue weighted by Crippen LogP contribution is 2.23. The van der Waals surface area contributed by atoms with E-state index in [1.807, 2.05) is 25.1 Å². The van der Waals surface area contributed by atoms with Gasteiger partial charge in [0.1, 0.15) is 6.61 Å². The van der Waals surface area contributed by atoms with E-state index < -0.39 is 16.1 Å². The van der Waals surface area contributed by atoms with Crippen molar-refractivity contribution in [3.05, 3.63) is 53.9 Å². The Balaban J connectivity index is 1.80. The smallest absolute Gasteiger partial charge is 0.423 e. The molecule has 3 rings (SSSR count). The van der Waals surface area contributed by atoms with Gasteiger partial charge in [-0.05, 0) is 29.7 Å². The number of amides is 1. The summed E-state index contributed by atoms with van der Waals surface area (Å²) >= 11 is 0. The first-order valence-corrected chi connectivity index (χ1v) is 8.75. The van der Waals surface area contributed by atoms with Gasteiger partial charge in [0.15, 0.2) is 0 Å². The van der Waals surface area contributed by atoms with Gasteiger partial charge in [-0.1, -0.05) is 24.3 Å². The van der Waals surface area contributed by atoms with Crippen molar-refractivity contribution in [1.82, 2.24) is 9.29 Å². The first kappa shape index (κ1) is 15.5. The fourth-order valence-electron chi connectivity index (χ4n) is 2.47. The van der Waals surface area contributed by atoms with Crippen LogP contribution in [0.1, 0.15) is 11.1 Å². The first-order chi connectivity index (χ1) is 11.0. The molecule has 0 radical (unpaired) electrons. The number of nitrogens with zero attached hydrogens (tertiary/aromatic N) is 2. The molecule has 0 bridgehead atoms. The van der Waals surface area contributed by atoms with Gasteiger partial charge in [-0.3, -0.25) is 4.98 Å². The van der Waals surface area contributed by atoms with Crippen LogP contribution in [0.3, 0.4) is 0 Å². The second kappa shape index (κ2) is 6.00. The Morgan fingerprint density at radius 3 is 2.57 bits per heavy atom. The van der Waals surface area contributed by atoms with Gasteiger partial charge in [-0.25, -0.2) is 17.5 Å². The third-order valence-electron chi connectivity index (χ3n) is 3.71. The van der Waals surface area contributed by atoms with Crippen molar-refractivity contribution in [2.75, 3.05) is 13.2 Å². The van der Waals surface area contributed by atoms with Crippen LogP contribution in [0.25, 0.3) is 11.1 Å². The molecule has 1 aliphatic rings. The lowest BCUT2D eigenvalue weighted by molar-refractivity contribution is 0.170. The van der Waals surface area contributed by atoms with E-state index in [4.69, 9.17) is 0 Å². The van der Waals surface area contributed by atoms with Crippen LogP contribution in [-0.2, 0) is 20.5 Å². The van der Waals surface area contributed by atoms with Crippen LogP contribution in [0.15, 0.2) is 42.7 Å². The SMILES string of the molecule is Cc1ccncc1-c1ccc(CS(=O)(=O)N2CCOC2=O)cc1. The summed E-state index contributed by atoms with van der Waals surface area (Å²) in [5.74, 6) is -0.228. The molecule has 1 aromatic heterocycles. The third kappa shape index (κ3) is 3.19. The Bertz CT molecular complexity index is 831. The third-order valence-corrected chi connectivity index (χ3v) is 5.41. The lowest BCUT2D eigenvalue weighted by atomic mass is 10.0. The molecule has 23 heavy (non-hydrogen) atoms. The van der Waals surface area contributed by atoms with Crippen LogP contribution in [0, 0.1) is 6.92 Å². The van der Waals surface area contributed by atoms with Crippen molar-refractivity contribution in [1.29, 1.82) is 0 Å². The van der Waals surface area contributed by atoms with Gasteiger partial charge in [-0.15, -0.1) is 0 Å². The minimum absolute atomic E-state index is 0.0775. The van der Waals surface area contributed by atoms with E-state index in [-0.39, 0.29) is 18.9 Å². The lowest BCUT2D eigenvalue weighted by Gasteiger charge is -2.13. The number of cyclic esters (lactones) is 1. The number of hydrogen-bond donors (Lipinski definition) is 0. The summed E-state index contributed by atoms with van der Waals surface area (Å²) in [5, 5.41) is 0.